The topological polar surface area (TPSA) is 49.0 Å². The van der Waals surface area contributed by atoms with Gasteiger partial charge in [0, 0.05) is 19.4 Å². The smallest absolute Gasteiger partial charge is 0.347 e. The van der Waals surface area contributed by atoms with Crippen molar-refractivity contribution < 1.29 is 26.7 Å². The van der Waals surface area contributed by atoms with E-state index in [4.69, 9.17) is 0 Å². The first-order chi connectivity index (χ1) is 10.2. The average molecular weight is 319 g/mol. The molecule has 1 amide bonds. The first kappa shape index (κ1) is 15.9. The van der Waals surface area contributed by atoms with Crippen LogP contribution in [-0.2, 0) is 12.7 Å². The summed E-state index contributed by atoms with van der Waals surface area (Å²) in [6.07, 6.45) is -2.09. The van der Waals surface area contributed by atoms with E-state index in [9.17, 15) is 26.7 Å². The van der Waals surface area contributed by atoms with Crippen molar-refractivity contribution in [3.05, 3.63) is 53.1 Å². The van der Waals surface area contributed by atoms with Crippen LogP contribution in [0, 0.1) is 11.6 Å². The summed E-state index contributed by atoms with van der Waals surface area (Å²) in [6, 6.07) is 0.225. The van der Waals surface area contributed by atoms with Gasteiger partial charge in [-0.05, 0) is 12.1 Å². The zero-order valence-corrected chi connectivity index (χ0v) is 11.2. The van der Waals surface area contributed by atoms with Crippen LogP contribution in [0.5, 0.6) is 0 Å². The number of nitrogens with zero attached hydrogens (tertiary/aromatic N) is 2. The normalized spacial score (nSPS) is 11.5. The zero-order valence-electron chi connectivity index (χ0n) is 11.2. The van der Waals surface area contributed by atoms with Gasteiger partial charge in [-0.3, -0.25) is 4.79 Å². The highest BCUT2D eigenvalue weighted by molar-refractivity contribution is 5.94. The van der Waals surface area contributed by atoms with Gasteiger partial charge < -0.3 is 9.88 Å². The minimum Gasteiger partial charge on any atom is -0.347 e. The van der Waals surface area contributed by atoms with Gasteiger partial charge in [0.1, 0.15) is 17.5 Å². The van der Waals surface area contributed by atoms with Crippen LogP contribution < -0.4 is 0 Å². The van der Waals surface area contributed by atoms with Crippen LogP contribution in [0.25, 0.3) is 0 Å². The van der Waals surface area contributed by atoms with E-state index in [1.807, 2.05) is 0 Å². The van der Waals surface area contributed by atoms with Crippen molar-refractivity contribution in [1.82, 2.24) is 14.9 Å². The summed E-state index contributed by atoms with van der Waals surface area (Å²) in [4.78, 5) is 19.6. The lowest BCUT2D eigenvalue weighted by Crippen LogP contribution is -2.28. The Bertz CT molecular complexity index is 682. The second kappa shape index (κ2) is 5.74. The van der Waals surface area contributed by atoms with Gasteiger partial charge in [-0.1, -0.05) is 0 Å². The molecule has 0 saturated carbocycles. The Kier molecular flexibility index (Phi) is 4.16. The summed E-state index contributed by atoms with van der Waals surface area (Å²) in [5.74, 6) is -3.71. The third-order valence-corrected chi connectivity index (χ3v) is 2.88. The van der Waals surface area contributed by atoms with Gasteiger partial charge in [-0.15, -0.1) is 0 Å². The minimum atomic E-state index is -5.04. The lowest BCUT2D eigenvalue weighted by molar-refractivity contribution is -0.140. The molecule has 2 aromatic rings. The molecule has 0 aliphatic carbocycles. The predicted molar refractivity (Wildman–Crippen MR) is 65.7 cm³/mol. The number of H-pyrrole nitrogens is 1. The van der Waals surface area contributed by atoms with E-state index >= 15 is 0 Å². The molecule has 0 bridgehead atoms. The molecule has 9 heteroatoms. The molecule has 118 valence electrons. The fourth-order valence-corrected chi connectivity index (χ4v) is 1.81. The molecule has 0 spiro atoms. The quantitative estimate of drug-likeness (QED) is 0.884. The van der Waals surface area contributed by atoms with Crippen molar-refractivity contribution in [3.8, 4) is 0 Å². The van der Waals surface area contributed by atoms with Crippen LogP contribution in [0.15, 0.2) is 24.5 Å². The maximum atomic E-state index is 13.7. The van der Waals surface area contributed by atoms with Gasteiger partial charge in [0.2, 0.25) is 0 Å². The largest absolute Gasteiger partial charge is 0.419 e. The Morgan fingerprint density at radius 2 is 1.95 bits per heavy atom. The molecule has 0 radical (unpaired) electrons. The summed E-state index contributed by atoms with van der Waals surface area (Å²) >= 11 is 0. The highest BCUT2D eigenvalue weighted by atomic mass is 19.4. The van der Waals surface area contributed by atoms with E-state index in [0.717, 1.165) is 4.90 Å². The van der Waals surface area contributed by atoms with E-state index in [2.05, 4.69) is 9.97 Å². The van der Waals surface area contributed by atoms with E-state index in [1.54, 1.807) is 0 Å². The van der Waals surface area contributed by atoms with Crippen molar-refractivity contribution >= 4 is 5.91 Å². The summed E-state index contributed by atoms with van der Waals surface area (Å²) in [5.41, 5.74) is -2.53. The molecule has 0 saturated heterocycles. The molecule has 0 unspecified atom stereocenters. The summed E-state index contributed by atoms with van der Waals surface area (Å²) in [5, 5.41) is 0. The molecule has 0 aliphatic rings. The average Bonchev–Trinajstić information content (AvgIpc) is 2.91. The first-order valence-corrected chi connectivity index (χ1v) is 6.00. The summed E-state index contributed by atoms with van der Waals surface area (Å²) in [7, 11) is 1.29. The highest BCUT2D eigenvalue weighted by Crippen LogP contribution is 2.32. The van der Waals surface area contributed by atoms with Crippen LogP contribution in [0.1, 0.15) is 21.7 Å². The Balaban J connectivity index is 2.28. The van der Waals surface area contributed by atoms with Gasteiger partial charge in [-0.2, -0.15) is 13.2 Å². The first-order valence-electron chi connectivity index (χ1n) is 6.00. The van der Waals surface area contributed by atoms with E-state index in [-0.39, 0.29) is 18.7 Å². The van der Waals surface area contributed by atoms with Crippen molar-refractivity contribution in [1.29, 1.82) is 0 Å². The van der Waals surface area contributed by atoms with Gasteiger partial charge in [0.05, 0.1) is 17.7 Å². The number of alkyl halides is 3. The molecule has 1 N–H and O–H groups in total. The number of amides is 1. The minimum absolute atomic E-state index is 0.0245. The molecule has 0 atom stereocenters. The van der Waals surface area contributed by atoms with Gasteiger partial charge >= 0.3 is 6.18 Å². The maximum absolute atomic E-state index is 13.7. The molecule has 0 fully saturated rings. The van der Waals surface area contributed by atoms with E-state index in [0.29, 0.717) is 5.82 Å². The number of nitrogens with one attached hydrogen (secondary N) is 1. The Labute approximate surface area is 121 Å². The number of carbonyl (C=O) groups is 1. The third-order valence-electron chi connectivity index (χ3n) is 2.88. The van der Waals surface area contributed by atoms with E-state index < -0.39 is 34.8 Å². The predicted octanol–water partition coefficient (Wildman–Crippen LogP) is 2.98. The summed E-state index contributed by atoms with van der Waals surface area (Å²) < 4.78 is 64.5. The fraction of sp³-hybridized carbons (Fsp3) is 0.231. The number of carbonyl (C=O) groups excluding carboxylic acids is 1. The fourth-order valence-electron chi connectivity index (χ4n) is 1.81. The van der Waals surface area contributed by atoms with Gasteiger partial charge in [0.25, 0.3) is 5.91 Å². The molecule has 4 nitrogen and oxygen atoms in total. The zero-order chi connectivity index (χ0) is 16.5. The van der Waals surface area contributed by atoms with E-state index in [1.165, 1.54) is 19.4 Å². The van der Waals surface area contributed by atoms with Crippen LogP contribution in [0.4, 0.5) is 22.0 Å². The Morgan fingerprint density at radius 1 is 1.27 bits per heavy atom. The molecule has 1 aromatic heterocycles. The standard InChI is InChI=1S/C13H10F5N3O/c1-21(6-11-19-2-3-20-11)12(22)7-4-10(15)8(5-9(7)14)13(16,17)18/h2-5H,6H2,1H3,(H,19,20). The molecular weight excluding hydrogens is 309 g/mol. The summed E-state index contributed by atoms with van der Waals surface area (Å²) in [6.45, 7) is -0.0338. The van der Waals surface area contributed by atoms with Crippen LogP contribution in [0.3, 0.4) is 0 Å². The van der Waals surface area contributed by atoms with Crippen LogP contribution in [-0.4, -0.2) is 27.8 Å². The van der Waals surface area contributed by atoms with Crippen molar-refractivity contribution in [2.45, 2.75) is 12.7 Å². The third kappa shape index (κ3) is 3.23. The second-order valence-corrected chi connectivity index (χ2v) is 4.51. The highest BCUT2D eigenvalue weighted by Gasteiger charge is 2.36. The number of aromatic amines is 1. The molecule has 2 rings (SSSR count). The second-order valence-electron chi connectivity index (χ2n) is 4.51. The maximum Gasteiger partial charge on any atom is 0.419 e. The van der Waals surface area contributed by atoms with Crippen molar-refractivity contribution in [2.24, 2.45) is 0 Å². The van der Waals surface area contributed by atoms with Gasteiger partial charge in [-0.25, -0.2) is 13.8 Å². The number of hydrogen-bond acceptors (Lipinski definition) is 2. The van der Waals surface area contributed by atoms with Crippen molar-refractivity contribution in [2.75, 3.05) is 7.05 Å². The number of benzene rings is 1. The monoisotopic (exact) mass is 319 g/mol. The number of rotatable bonds is 3. The molecule has 22 heavy (non-hydrogen) atoms. The number of halogens is 5. The lowest BCUT2D eigenvalue weighted by Gasteiger charge is -2.17. The lowest BCUT2D eigenvalue weighted by atomic mass is 10.1. The Morgan fingerprint density at radius 3 is 2.50 bits per heavy atom. The molecule has 1 aromatic carbocycles. The Hall–Kier alpha value is -2.45. The molecule has 0 aliphatic heterocycles. The number of imidazole rings is 1. The molecular formula is C13H10F5N3O. The molecule has 1 heterocycles. The van der Waals surface area contributed by atoms with Crippen LogP contribution in [0.2, 0.25) is 0 Å². The van der Waals surface area contributed by atoms with Gasteiger partial charge in [0.15, 0.2) is 0 Å². The number of aromatic nitrogens is 2. The van der Waals surface area contributed by atoms with Crippen LogP contribution >= 0.6 is 0 Å². The SMILES string of the molecule is CN(Cc1ncc[nH]1)C(=O)c1cc(F)c(C(F)(F)F)cc1F. The van der Waals surface area contributed by atoms with Crippen molar-refractivity contribution in [3.63, 3.8) is 0 Å². The number of hydrogen-bond donors (Lipinski definition) is 1.